The lowest BCUT2D eigenvalue weighted by atomic mass is 10.2. The zero-order valence-electron chi connectivity index (χ0n) is 11.8. The van der Waals surface area contributed by atoms with Crippen LogP contribution in [0.4, 0.5) is 0 Å². The fraction of sp³-hybridized carbons (Fsp3) is 0.462. The molecule has 1 aromatic carbocycles. The zero-order valence-corrected chi connectivity index (χ0v) is 12.6. The predicted molar refractivity (Wildman–Crippen MR) is 75.2 cm³/mol. The highest BCUT2D eigenvalue weighted by Gasteiger charge is 2.22. The average Bonchev–Trinajstić information content (AvgIpc) is 2.26. The smallest absolute Gasteiger partial charge is 0.309 e. The number of esters is 1. The summed E-state index contributed by atoms with van der Waals surface area (Å²) >= 11 is 0. The molecule has 0 aliphatic carbocycles. The van der Waals surface area contributed by atoms with Gasteiger partial charge in [-0.25, -0.2) is 8.42 Å². The van der Waals surface area contributed by atoms with Crippen molar-refractivity contribution in [3.05, 3.63) is 30.3 Å². The summed E-state index contributed by atoms with van der Waals surface area (Å²) in [5.74, 6) is -0.555. The number of hydrogen-bond donors (Lipinski definition) is 2. The van der Waals surface area contributed by atoms with Crippen molar-refractivity contribution in [1.29, 1.82) is 0 Å². The fourth-order valence-corrected chi connectivity index (χ4v) is 2.60. The van der Waals surface area contributed by atoms with E-state index < -0.39 is 27.8 Å². The van der Waals surface area contributed by atoms with E-state index in [-0.39, 0.29) is 11.3 Å². The van der Waals surface area contributed by atoms with E-state index in [1.165, 1.54) is 12.1 Å². The lowest BCUT2D eigenvalue weighted by molar-refractivity contribution is -0.155. The second kappa shape index (κ2) is 6.34. The minimum absolute atomic E-state index is 0.0969. The fourth-order valence-electron chi connectivity index (χ4n) is 1.47. The maximum atomic E-state index is 12.0. The van der Waals surface area contributed by atoms with Gasteiger partial charge in [-0.3, -0.25) is 4.79 Å². The van der Waals surface area contributed by atoms with Gasteiger partial charge in [-0.15, -0.1) is 0 Å². The first kappa shape index (κ1) is 16.6. The number of carbonyl (C=O) groups excluding carboxylic acids is 1. The van der Waals surface area contributed by atoms with E-state index in [1.54, 1.807) is 39.0 Å². The monoisotopic (exact) mass is 300 g/mol. The highest BCUT2D eigenvalue weighted by Crippen LogP contribution is 2.10. The molecule has 0 radical (unpaired) electrons. The Labute approximate surface area is 119 Å². The van der Waals surface area contributed by atoms with Gasteiger partial charge in [-0.1, -0.05) is 18.2 Å². The second-order valence-corrected chi connectivity index (χ2v) is 7.05. The molecule has 0 heterocycles. The van der Waals surface area contributed by atoms with Crippen LogP contribution in [0.2, 0.25) is 0 Å². The van der Waals surface area contributed by atoms with Gasteiger partial charge in [-0.05, 0) is 32.9 Å². The van der Waals surface area contributed by atoms with Crippen molar-refractivity contribution < 1.29 is 17.9 Å². The largest absolute Gasteiger partial charge is 0.460 e. The van der Waals surface area contributed by atoms with E-state index in [0.29, 0.717) is 0 Å². The van der Waals surface area contributed by atoms with Crippen LogP contribution in [0.15, 0.2) is 35.2 Å². The van der Waals surface area contributed by atoms with Crippen molar-refractivity contribution in [2.24, 2.45) is 5.73 Å². The number of ether oxygens (including phenoxy) is 1. The van der Waals surface area contributed by atoms with Crippen molar-refractivity contribution in [3.63, 3.8) is 0 Å². The third-order valence-corrected chi connectivity index (χ3v) is 3.67. The van der Waals surface area contributed by atoms with Crippen LogP contribution in [-0.2, 0) is 19.6 Å². The predicted octanol–water partition coefficient (Wildman–Crippen LogP) is 0.982. The summed E-state index contributed by atoms with van der Waals surface area (Å²) in [7, 11) is -3.73. The Hall–Kier alpha value is -1.44. The van der Waals surface area contributed by atoms with Gasteiger partial charge < -0.3 is 10.5 Å². The van der Waals surface area contributed by atoms with Crippen molar-refractivity contribution in [2.45, 2.75) is 43.9 Å². The molecule has 7 heteroatoms. The van der Waals surface area contributed by atoms with Crippen LogP contribution in [0.25, 0.3) is 0 Å². The zero-order chi connectivity index (χ0) is 15.4. The number of nitrogens with two attached hydrogens (primary N) is 1. The molecule has 0 spiro atoms. The highest BCUT2D eigenvalue weighted by molar-refractivity contribution is 7.89. The van der Waals surface area contributed by atoms with E-state index in [2.05, 4.69) is 4.72 Å². The maximum Gasteiger partial charge on any atom is 0.309 e. The molecule has 20 heavy (non-hydrogen) atoms. The molecule has 1 rings (SSSR count). The molecule has 0 amide bonds. The van der Waals surface area contributed by atoms with Crippen molar-refractivity contribution in [1.82, 2.24) is 4.72 Å². The molecule has 0 fully saturated rings. The van der Waals surface area contributed by atoms with Crippen LogP contribution < -0.4 is 10.5 Å². The van der Waals surface area contributed by atoms with Gasteiger partial charge in [0.2, 0.25) is 10.0 Å². The summed E-state index contributed by atoms with van der Waals surface area (Å²) < 4.78 is 31.2. The summed E-state index contributed by atoms with van der Waals surface area (Å²) in [5, 5.41) is 0. The summed E-state index contributed by atoms with van der Waals surface area (Å²) in [5.41, 5.74) is 5.00. The summed E-state index contributed by atoms with van der Waals surface area (Å²) in [6.07, 6.45) is -1.27. The standard InChI is InChI=1S/C13H20N2O4S/c1-13(2,3)19-12(16)9-11(14)15-20(17,18)10-7-5-4-6-8-10/h4-8,11,15H,9,14H2,1-3H3. The Morgan fingerprint density at radius 2 is 1.85 bits per heavy atom. The SMILES string of the molecule is CC(C)(C)OC(=O)CC(N)NS(=O)(=O)c1ccccc1. The molecule has 0 bridgehead atoms. The Morgan fingerprint density at radius 1 is 1.30 bits per heavy atom. The lowest BCUT2D eigenvalue weighted by Crippen LogP contribution is -2.43. The molecule has 6 nitrogen and oxygen atoms in total. The van der Waals surface area contributed by atoms with Gasteiger partial charge in [0.15, 0.2) is 0 Å². The van der Waals surface area contributed by atoms with Crippen LogP contribution in [-0.4, -0.2) is 26.2 Å². The molecular weight excluding hydrogens is 280 g/mol. The molecule has 1 aromatic rings. The number of rotatable bonds is 5. The Kier molecular flexibility index (Phi) is 5.27. The van der Waals surface area contributed by atoms with E-state index >= 15 is 0 Å². The highest BCUT2D eigenvalue weighted by atomic mass is 32.2. The number of carbonyl (C=O) groups is 1. The first-order valence-electron chi connectivity index (χ1n) is 6.15. The maximum absolute atomic E-state index is 12.0. The van der Waals surface area contributed by atoms with Crippen LogP contribution in [0, 0.1) is 0 Å². The van der Waals surface area contributed by atoms with Crippen molar-refractivity contribution in [3.8, 4) is 0 Å². The van der Waals surface area contributed by atoms with Crippen LogP contribution >= 0.6 is 0 Å². The summed E-state index contributed by atoms with van der Waals surface area (Å²) in [6.45, 7) is 5.18. The van der Waals surface area contributed by atoms with E-state index in [9.17, 15) is 13.2 Å². The number of hydrogen-bond acceptors (Lipinski definition) is 5. The summed E-state index contributed by atoms with van der Waals surface area (Å²) in [4.78, 5) is 11.7. The molecule has 0 aliphatic rings. The van der Waals surface area contributed by atoms with Crippen molar-refractivity contribution >= 4 is 16.0 Å². The molecule has 3 N–H and O–H groups in total. The van der Waals surface area contributed by atoms with E-state index in [1.807, 2.05) is 0 Å². The van der Waals surface area contributed by atoms with Gasteiger partial charge in [0, 0.05) is 0 Å². The topological polar surface area (TPSA) is 98.5 Å². The Morgan fingerprint density at radius 3 is 2.35 bits per heavy atom. The molecule has 0 saturated heterocycles. The second-order valence-electron chi connectivity index (χ2n) is 5.33. The molecule has 1 atom stereocenters. The third-order valence-electron chi connectivity index (χ3n) is 2.17. The molecule has 0 aromatic heterocycles. The van der Waals surface area contributed by atoms with Crippen molar-refractivity contribution in [2.75, 3.05) is 0 Å². The van der Waals surface area contributed by atoms with Gasteiger partial charge >= 0.3 is 5.97 Å². The van der Waals surface area contributed by atoms with Crippen LogP contribution in [0.5, 0.6) is 0 Å². The first-order valence-corrected chi connectivity index (χ1v) is 7.63. The normalized spacial score (nSPS) is 13.8. The molecule has 1 unspecified atom stereocenters. The van der Waals surface area contributed by atoms with Gasteiger partial charge in [0.05, 0.1) is 17.5 Å². The van der Waals surface area contributed by atoms with Gasteiger partial charge in [0.25, 0.3) is 0 Å². The molecule has 112 valence electrons. The number of nitrogens with one attached hydrogen (secondary N) is 1. The third kappa shape index (κ3) is 5.68. The number of benzene rings is 1. The lowest BCUT2D eigenvalue weighted by Gasteiger charge is -2.21. The van der Waals surface area contributed by atoms with Gasteiger partial charge in [-0.2, -0.15) is 4.72 Å². The quantitative estimate of drug-likeness (QED) is 0.624. The Balaban J connectivity index is 2.63. The van der Waals surface area contributed by atoms with Crippen LogP contribution in [0.1, 0.15) is 27.2 Å². The van der Waals surface area contributed by atoms with Crippen LogP contribution in [0.3, 0.4) is 0 Å². The molecule has 0 aliphatic heterocycles. The average molecular weight is 300 g/mol. The first-order chi connectivity index (χ1) is 9.10. The number of sulfonamides is 1. The summed E-state index contributed by atoms with van der Waals surface area (Å²) in [6, 6.07) is 7.81. The Bertz CT molecular complexity index is 549. The molecule has 0 saturated carbocycles. The van der Waals surface area contributed by atoms with Gasteiger partial charge in [0.1, 0.15) is 5.60 Å². The molecular formula is C13H20N2O4S. The minimum atomic E-state index is -3.73. The minimum Gasteiger partial charge on any atom is -0.460 e. The van der Waals surface area contributed by atoms with E-state index in [4.69, 9.17) is 10.5 Å². The van der Waals surface area contributed by atoms with E-state index in [0.717, 1.165) is 0 Å².